The van der Waals surface area contributed by atoms with E-state index in [1.165, 1.54) is 14.2 Å². The molecule has 2 N–H and O–H groups in total. The molecular formula is C21H21F2N3O3. The van der Waals surface area contributed by atoms with E-state index in [9.17, 15) is 13.6 Å². The standard InChI is InChI=1S/C21H21F2N3O3/c1-4-5-16-20(24-21(27)14-8-7-13(22)11-15(14)23)19(26-25-16)12-6-9-17(28-2)18(10-12)29-3/h6-11H,4-5H2,1-3H3,(H,24,27)(H,25,26). The Morgan fingerprint density at radius 2 is 1.86 bits per heavy atom. The molecule has 0 unspecified atom stereocenters. The average Bonchev–Trinajstić information content (AvgIpc) is 3.09. The summed E-state index contributed by atoms with van der Waals surface area (Å²) in [4.78, 5) is 12.6. The summed E-state index contributed by atoms with van der Waals surface area (Å²) in [6.07, 6.45) is 1.43. The number of benzene rings is 2. The van der Waals surface area contributed by atoms with Gasteiger partial charge in [-0.3, -0.25) is 9.89 Å². The molecular weight excluding hydrogens is 380 g/mol. The molecule has 8 heteroatoms. The maximum absolute atomic E-state index is 14.0. The Morgan fingerprint density at radius 3 is 2.52 bits per heavy atom. The highest BCUT2D eigenvalue weighted by Crippen LogP contribution is 2.36. The first-order valence-electron chi connectivity index (χ1n) is 9.04. The molecule has 1 heterocycles. The van der Waals surface area contributed by atoms with Crippen molar-refractivity contribution in [2.75, 3.05) is 19.5 Å². The van der Waals surface area contributed by atoms with Crippen molar-refractivity contribution in [2.24, 2.45) is 0 Å². The van der Waals surface area contributed by atoms with Crippen LogP contribution in [-0.4, -0.2) is 30.3 Å². The van der Waals surface area contributed by atoms with Crippen LogP contribution in [0.3, 0.4) is 0 Å². The number of ether oxygens (including phenoxy) is 2. The maximum atomic E-state index is 14.0. The third-order valence-corrected chi connectivity index (χ3v) is 4.41. The summed E-state index contributed by atoms with van der Waals surface area (Å²) in [6, 6.07) is 8.06. The van der Waals surface area contributed by atoms with Gasteiger partial charge in [0.05, 0.1) is 31.2 Å². The van der Waals surface area contributed by atoms with Crippen LogP contribution in [0.1, 0.15) is 29.4 Å². The Bertz CT molecular complexity index is 1030. The van der Waals surface area contributed by atoms with E-state index in [2.05, 4.69) is 15.5 Å². The molecule has 0 saturated carbocycles. The lowest BCUT2D eigenvalue weighted by Gasteiger charge is -2.11. The molecule has 0 bridgehead atoms. The van der Waals surface area contributed by atoms with Crippen LogP contribution in [0.4, 0.5) is 14.5 Å². The Morgan fingerprint density at radius 1 is 1.10 bits per heavy atom. The second-order valence-electron chi connectivity index (χ2n) is 6.32. The van der Waals surface area contributed by atoms with Crippen LogP contribution in [0.2, 0.25) is 0 Å². The summed E-state index contributed by atoms with van der Waals surface area (Å²) < 4.78 is 37.8. The number of aromatic amines is 1. The number of hydrogen-bond donors (Lipinski definition) is 2. The van der Waals surface area contributed by atoms with Crippen LogP contribution < -0.4 is 14.8 Å². The van der Waals surface area contributed by atoms with E-state index in [0.717, 1.165) is 18.6 Å². The van der Waals surface area contributed by atoms with Crippen molar-refractivity contribution in [1.82, 2.24) is 10.2 Å². The minimum absolute atomic E-state index is 0.256. The minimum Gasteiger partial charge on any atom is -0.493 e. The van der Waals surface area contributed by atoms with Gasteiger partial charge in [-0.1, -0.05) is 13.3 Å². The van der Waals surface area contributed by atoms with E-state index in [1.807, 2.05) is 6.92 Å². The quantitative estimate of drug-likeness (QED) is 0.608. The molecule has 6 nitrogen and oxygen atoms in total. The van der Waals surface area contributed by atoms with Gasteiger partial charge in [0, 0.05) is 11.6 Å². The van der Waals surface area contributed by atoms with Crippen molar-refractivity contribution in [2.45, 2.75) is 19.8 Å². The monoisotopic (exact) mass is 401 g/mol. The van der Waals surface area contributed by atoms with Gasteiger partial charge in [0.1, 0.15) is 17.3 Å². The fraction of sp³-hybridized carbons (Fsp3) is 0.238. The number of anilines is 1. The summed E-state index contributed by atoms with van der Waals surface area (Å²) in [7, 11) is 3.06. The minimum atomic E-state index is -0.935. The van der Waals surface area contributed by atoms with Crippen LogP contribution in [0.5, 0.6) is 11.5 Å². The zero-order valence-corrected chi connectivity index (χ0v) is 16.3. The number of rotatable bonds is 7. The first-order valence-corrected chi connectivity index (χ1v) is 9.04. The van der Waals surface area contributed by atoms with Crippen LogP contribution in [-0.2, 0) is 6.42 Å². The van der Waals surface area contributed by atoms with Crippen LogP contribution in [0.25, 0.3) is 11.3 Å². The SMILES string of the molecule is CCCc1[nH]nc(-c2ccc(OC)c(OC)c2)c1NC(=O)c1ccc(F)cc1F. The van der Waals surface area contributed by atoms with E-state index >= 15 is 0 Å². The third-order valence-electron chi connectivity index (χ3n) is 4.41. The molecule has 0 aliphatic carbocycles. The third kappa shape index (κ3) is 4.21. The number of aryl methyl sites for hydroxylation is 1. The largest absolute Gasteiger partial charge is 0.493 e. The number of amides is 1. The number of aromatic nitrogens is 2. The maximum Gasteiger partial charge on any atom is 0.258 e. The Labute approximate surface area is 166 Å². The molecule has 0 atom stereocenters. The fourth-order valence-corrected chi connectivity index (χ4v) is 2.99. The smallest absolute Gasteiger partial charge is 0.258 e. The highest BCUT2D eigenvalue weighted by Gasteiger charge is 2.21. The van der Waals surface area contributed by atoms with E-state index in [-0.39, 0.29) is 5.56 Å². The lowest BCUT2D eigenvalue weighted by Crippen LogP contribution is -2.15. The number of hydrogen-bond acceptors (Lipinski definition) is 4. The molecule has 3 rings (SSSR count). The number of H-pyrrole nitrogens is 1. The van der Waals surface area contributed by atoms with E-state index in [0.29, 0.717) is 46.6 Å². The Balaban J connectivity index is 2.02. The first-order chi connectivity index (χ1) is 14.0. The van der Waals surface area contributed by atoms with Gasteiger partial charge < -0.3 is 14.8 Å². The van der Waals surface area contributed by atoms with E-state index < -0.39 is 17.5 Å². The molecule has 0 saturated heterocycles. The molecule has 29 heavy (non-hydrogen) atoms. The van der Waals surface area contributed by atoms with Gasteiger partial charge in [-0.25, -0.2) is 8.78 Å². The van der Waals surface area contributed by atoms with Gasteiger partial charge in [0.2, 0.25) is 0 Å². The molecule has 1 amide bonds. The van der Waals surface area contributed by atoms with E-state index in [4.69, 9.17) is 9.47 Å². The van der Waals surface area contributed by atoms with Crippen molar-refractivity contribution >= 4 is 11.6 Å². The van der Waals surface area contributed by atoms with Crippen LogP contribution >= 0.6 is 0 Å². The van der Waals surface area contributed by atoms with Crippen molar-refractivity contribution in [1.29, 1.82) is 0 Å². The predicted molar refractivity (Wildman–Crippen MR) is 105 cm³/mol. The number of nitrogens with one attached hydrogen (secondary N) is 2. The highest BCUT2D eigenvalue weighted by molar-refractivity contribution is 6.06. The fourth-order valence-electron chi connectivity index (χ4n) is 2.99. The summed E-state index contributed by atoms with van der Waals surface area (Å²) in [5.41, 5.74) is 2.04. The lowest BCUT2D eigenvalue weighted by atomic mass is 10.1. The predicted octanol–water partition coefficient (Wildman–Crippen LogP) is 4.58. The summed E-state index contributed by atoms with van der Waals surface area (Å²) in [5, 5.41) is 9.98. The summed E-state index contributed by atoms with van der Waals surface area (Å²) in [6.45, 7) is 1.99. The molecule has 1 aromatic heterocycles. The number of methoxy groups -OCH3 is 2. The van der Waals surface area contributed by atoms with Gasteiger partial charge in [-0.2, -0.15) is 5.10 Å². The molecule has 0 fully saturated rings. The highest BCUT2D eigenvalue weighted by atomic mass is 19.1. The van der Waals surface area contributed by atoms with Gasteiger partial charge >= 0.3 is 0 Å². The molecule has 0 spiro atoms. The number of carbonyl (C=O) groups excluding carboxylic acids is 1. The molecule has 0 aliphatic rings. The van der Waals surface area contributed by atoms with Crippen LogP contribution in [0.15, 0.2) is 36.4 Å². The van der Waals surface area contributed by atoms with Crippen molar-refractivity contribution in [3.8, 4) is 22.8 Å². The van der Waals surface area contributed by atoms with E-state index in [1.54, 1.807) is 18.2 Å². The number of nitrogens with zero attached hydrogens (tertiary/aromatic N) is 1. The number of halogens is 2. The lowest BCUT2D eigenvalue weighted by molar-refractivity contribution is 0.102. The zero-order chi connectivity index (χ0) is 21.0. The van der Waals surface area contributed by atoms with Gasteiger partial charge in [-0.05, 0) is 36.8 Å². The second kappa shape index (κ2) is 8.72. The second-order valence-corrected chi connectivity index (χ2v) is 6.32. The van der Waals surface area contributed by atoms with Gasteiger partial charge in [0.25, 0.3) is 5.91 Å². The van der Waals surface area contributed by atoms with Crippen molar-refractivity contribution < 1.29 is 23.0 Å². The first kappa shape index (κ1) is 20.3. The zero-order valence-electron chi connectivity index (χ0n) is 16.3. The topological polar surface area (TPSA) is 76.2 Å². The molecule has 2 aromatic carbocycles. The summed E-state index contributed by atoms with van der Waals surface area (Å²) >= 11 is 0. The van der Waals surface area contributed by atoms with Crippen LogP contribution in [0, 0.1) is 11.6 Å². The van der Waals surface area contributed by atoms with Crippen molar-refractivity contribution in [3.05, 3.63) is 59.3 Å². The average molecular weight is 401 g/mol. The number of carbonyl (C=O) groups is 1. The Hall–Kier alpha value is -3.42. The normalized spacial score (nSPS) is 10.7. The molecule has 0 radical (unpaired) electrons. The molecule has 152 valence electrons. The molecule has 3 aromatic rings. The van der Waals surface area contributed by atoms with Gasteiger partial charge in [0.15, 0.2) is 11.5 Å². The molecule has 0 aliphatic heterocycles. The Kier molecular flexibility index (Phi) is 6.11. The van der Waals surface area contributed by atoms with Crippen molar-refractivity contribution in [3.63, 3.8) is 0 Å². The van der Waals surface area contributed by atoms with Gasteiger partial charge in [-0.15, -0.1) is 0 Å². The summed E-state index contributed by atoms with van der Waals surface area (Å²) in [5.74, 6) is -1.31.